The highest BCUT2D eigenvalue weighted by Crippen LogP contribution is 2.45. The van der Waals surface area contributed by atoms with E-state index in [9.17, 15) is 43.2 Å². The molecule has 0 aromatic rings. The van der Waals surface area contributed by atoms with Crippen molar-refractivity contribution in [2.24, 2.45) is 23.7 Å². The van der Waals surface area contributed by atoms with Gasteiger partial charge in [0.2, 0.25) is 0 Å². The molecular formula is C67H130O17P2. The molecule has 4 unspecified atom stereocenters. The number of hydrogen-bond acceptors (Lipinski definition) is 15. The largest absolute Gasteiger partial charge is 0.472 e. The lowest BCUT2D eigenvalue weighted by Crippen LogP contribution is -2.30. The molecule has 0 fully saturated rings. The molecule has 0 heterocycles. The molecule has 0 aliphatic heterocycles. The van der Waals surface area contributed by atoms with Gasteiger partial charge in [0.05, 0.1) is 26.4 Å². The van der Waals surface area contributed by atoms with E-state index in [0.29, 0.717) is 31.6 Å². The summed E-state index contributed by atoms with van der Waals surface area (Å²) in [5.41, 5.74) is 0. The number of hydrogen-bond donors (Lipinski definition) is 3. The number of aliphatic hydroxyl groups is 1. The maximum Gasteiger partial charge on any atom is 0.472 e. The van der Waals surface area contributed by atoms with E-state index in [0.717, 1.165) is 114 Å². The molecule has 19 heteroatoms. The standard InChI is InChI=1S/C67H130O17P2/c1-9-60(8)46-38-30-22-16-17-25-34-42-50-67(72)84-63(54-78-65(70)48-40-32-26-18-21-29-37-45-59(6)7)56-82-86(75,76)80-52-61(68)51-79-85(73,74)81-55-62(83-66(71)49-41-33-24-15-11-13-20-28-36-44-58(4)5)53-77-64(69)47-39-31-23-14-10-12-19-27-35-43-57(2)3/h57-63,68H,9-56H2,1-8H3,(H,73,74)(H,75,76)/t60?,61?,62-,63-/m1/s1. The van der Waals surface area contributed by atoms with E-state index >= 15 is 0 Å². The molecule has 86 heavy (non-hydrogen) atoms. The van der Waals surface area contributed by atoms with E-state index < -0.39 is 97.5 Å². The smallest absolute Gasteiger partial charge is 0.462 e. The highest BCUT2D eigenvalue weighted by Gasteiger charge is 2.30. The third-order valence-electron chi connectivity index (χ3n) is 15.7. The van der Waals surface area contributed by atoms with Crippen LogP contribution in [0.4, 0.5) is 0 Å². The van der Waals surface area contributed by atoms with E-state index in [1.54, 1.807) is 0 Å². The van der Waals surface area contributed by atoms with Crippen LogP contribution in [0.3, 0.4) is 0 Å². The van der Waals surface area contributed by atoms with Crippen molar-refractivity contribution in [3.63, 3.8) is 0 Å². The quantitative estimate of drug-likeness (QED) is 0.0222. The zero-order valence-corrected chi connectivity index (χ0v) is 57.7. The Kier molecular flexibility index (Phi) is 55.7. The van der Waals surface area contributed by atoms with Gasteiger partial charge in [-0.05, 0) is 49.4 Å². The molecule has 17 nitrogen and oxygen atoms in total. The van der Waals surface area contributed by atoms with Gasteiger partial charge in [-0.1, -0.05) is 274 Å². The van der Waals surface area contributed by atoms with Crippen LogP contribution in [0.15, 0.2) is 0 Å². The van der Waals surface area contributed by atoms with Gasteiger partial charge in [-0.3, -0.25) is 37.3 Å². The lowest BCUT2D eigenvalue weighted by atomic mass is 9.99. The third kappa shape index (κ3) is 59.7. The topological polar surface area (TPSA) is 237 Å². The molecule has 0 aliphatic rings. The van der Waals surface area contributed by atoms with Gasteiger partial charge in [-0.2, -0.15) is 0 Å². The van der Waals surface area contributed by atoms with Crippen molar-refractivity contribution in [3.05, 3.63) is 0 Å². The fourth-order valence-corrected chi connectivity index (χ4v) is 11.5. The van der Waals surface area contributed by atoms with Gasteiger partial charge in [0.15, 0.2) is 12.2 Å². The van der Waals surface area contributed by atoms with Gasteiger partial charge < -0.3 is 33.8 Å². The number of unbranched alkanes of at least 4 members (excludes halogenated alkanes) is 29. The van der Waals surface area contributed by atoms with E-state index in [4.69, 9.17) is 37.0 Å². The Morgan fingerprint density at radius 2 is 0.558 bits per heavy atom. The predicted octanol–water partition coefficient (Wildman–Crippen LogP) is 18.5. The molecule has 0 aromatic heterocycles. The van der Waals surface area contributed by atoms with E-state index in [1.165, 1.54) is 122 Å². The fraction of sp³-hybridized carbons (Fsp3) is 0.940. The number of carbonyl (C=O) groups is 4. The molecule has 0 amide bonds. The first kappa shape index (κ1) is 84.1. The maximum absolute atomic E-state index is 13.0. The number of ether oxygens (including phenoxy) is 4. The van der Waals surface area contributed by atoms with Crippen molar-refractivity contribution in [3.8, 4) is 0 Å². The Bertz CT molecular complexity index is 1720. The van der Waals surface area contributed by atoms with Gasteiger partial charge in [-0.25, -0.2) is 9.13 Å². The van der Waals surface area contributed by atoms with Gasteiger partial charge in [0, 0.05) is 25.7 Å². The Morgan fingerprint density at radius 1 is 0.326 bits per heavy atom. The van der Waals surface area contributed by atoms with Crippen molar-refractivity contribution >= 4 is 39.5 Å². The Morgan fingerprint density at radius 3 is 0.826 bits per heavy atom. The number of phosphoric ester groups is 2. The van der Waals surface area contributed by atoms with Crippen LogP contribution in [0.1, 0.15) is 325 Å². The molecule has 0 spiro atoms. The summed E-state index contributed by atoms with van der Waals surface area (Å²) in [5, 5.41) is 10.6. The van der Waals surface area contributed by atoms with E-state index in [2.05, 4.69) is 55.4 Å². The monoisotopic (exact) mass is 1270 g/mol. The van der Waals surface area contributed by atoms with Gasteiger partial charge >= 0.3 is 39.5 Å². The molecule has 0 radical (unpaired) electrons. The van der Waals surface area contributed by atoms with Crippen LogP contribution in [-0.4, -0.2) is 96.7 Å². The molecular weight excluding hydrogens is 1140 g/mol. The lowest BCUT2D eigenvalue weighted by molar-refractivity contribution is -0.161. The Hall–Kier alpha value is -1.94. The van der Waals surface area contributed by atoms with Crippen molar-refractivity contribution in [2.75, 3.05) is 39.6 Å². The van der Waals surface area contributed by atoms with E-state index in [-0.39, 0.29) is 25.7 Å². The highest BCUT2D eigenvalue weighted by atomic mass is 31.2. The van der Waals surface area contributed by atoms with Gasteiger partial charge in [-0.15, -0.1) is 0 Å². The summed E-state index contributed by atoms with van der Waals surface area (Å²) in [5.74, 6) is 0.819. The van der Waals surface area contributed by atoms with Gasteiger partial charge in [0.25, 0.3) is 0 Å². The molecule has 0 saturated carbocycles. The molecule has 0 aromatic carbocycles. The fourth-order valence-electron chi connectivity index (χ4n) is 9.93. The lowest BCUT2D eigenvalue weighted by Gasteiger charge is -2.21. The van der Waals surface area contributed by atoms with Crippen LogP contribution in [0.5, 0.6) is 0 Å². The molecule has 0 bridgehead atoms. The second-order valence-electron chi connectivity index (χ2n) is 25.9. The maximum atomic E-state index is 13.0. The first-order valence-electron chi connectivity index (χ1n) is 34.7. The number of phosphoric acid groups is 2. The molecule has 6 atom stereocenters. The van der Waals surface area contributed by atoms with Crippen LogP contribution in [0.25, 0.3) is 0 Å². The molecule has 0 saturated heterocycles. The number of esters is 4. The summed E-state index contributed by atoms with van der Waals surface area (Å²) in [4.78, 5) is 72.4. The second kappa shape index (κ2) is 57.0. The number of rotatable bonds is 64. The molecule has 0 rings (SSSR count). The molecule has 0 aliphatic carbocycles. The Labute approximate surface area is 524 Å². The summed E-state index contributed by atoms with van der Waals surface area (Å²) >= 11 is 0. The Balaban J connectivity index is 5.27. The molecule has 3 N–H and O–H groups in total. The average molecular weight is 1270 g/mol. The molecule has 510 valence electrons. The highest BCUT2D eigenvalue weighted by molar-refractivity contribution is 7.47. The summed E-state index contributed by atoms with van der Waals surface area (Å²) < 4.78 is 68.1. The minimum atomic E-state index is -4.95. The number of aliphatic hydroxyl groups excluding tert-OH is 1. The van der Waals surface area contributed by atoms with Gasteiger partial charge in [0.1, 0.15) is 19.3 Å². The van der Waals surface area contributed by atoms with Crippen molar-refractivity contribution in [1.82, 2.24) is 0 Å². The van der Waals surface area contributed by atoms with Crippen LogP contribution in [0.2, 0.25) is 0 Å². The first-order chi connectivity index (χ1) is 41.1. The normalized spacial score (nSPS) is 14.7. The zero-order chi connectivity index (χ0) is 63.9. The minimum Gasteiger partial charge on any atom is -0.462 e. The van der Waals surface area contributed by atoms with Crippen molar-refractivity contribution in [1.29, 1.82) is 0 Å². The summed E-state index contributed by atoms with van der Waals surface area (Å²) in [7, 11) is -9.90. The minimum absolute atomic E-state index is 0.103. The summed E-state index contributed by atoms with van der Waals surface area (Å²) in [6.45, 7) is 14.0. The van der Waals surface area contributed by atoms with Crippen LogP contribution in [-0.2, 0) is 65.4 Å². The van der Waals surface area contributed by atoms with Crippen LogP contribution >= 0.6 is 15.6 Å². The van der Waals surface area contributed by atoms with Crippen LogP contribution < -0.4 is 0 Å². The first-order valence-corrected chi connectivity index (χ1v) is 37.7. The SMILES string of the molecule is CCC(C)CCCCCCCCCCC(=O)O[C@H](COC(=O)CCCCCCCCCC(C)C)COP(=O)(O)OCC(O)COP(=O)(O)OC[C@@H](COC(=O)CCCCCCCCCCCC(C)C)OC(=O)CCCCCCCCCCCC(C)C. The third-order valence-corrected chi connectivity index (χ3v) is 17.6. The predicted molar refractivity (Wildman–Crippen MR) is 344 cm³/mol. The average Bonchev–Trinajstić information content (AvgIpc) is 3.56. The summed E-state index contributed by atoms with van der Waals surface area (Å²) in [6, 6.07) is 0. The second-order valence-corrected chi connectivity index (χ2v) is 28.8. The van der Waals surface area contributed by atoms with Crippen molar-refractivity contribution < 1.29 is 80.2 Å². The zero-order valence-electron chi connectivity index (χ0n) is 55.9. The summed E-state index contributed by atoms with van der Waals surface area (Å²) in [6.07, 6.45) is 37.6. The van der Waals surface area contributed by atoms with Crippen molar-refractivity contribution in [2.45, 2.75) is 343 Å². The van der Waals surface area contributed by atoms with Crippen LogP contribution in [0, 0.1) is 23.7 Å². The number of carbonyl (C=O) groups excluding carboxylic acids is 4. The van der Waals surface area contributed by atoms with E-state index in [1.807, 2.05) is 0 Å².